The Morgan fingerprint density at radius 3 is 2.40 bits per heavy atom. The number of hydrazine groups is 1. The summed E-state index contributed by atoms with van der Waals surface area (Å²) in [5, 5.41) is 0.708. The lowest BCUT2D eigenvalue weighted by atomic mass is 10.1. The van der Waals surface area contributed by atoms with Crippen molar-refractivity contribution in [1.82, 2.24) is 5.43 Å². The Morgan fingerprint density at radius 1 is 1.33 bits per heavy atom. The molecule has 0 heterocycles. The maximum atomic E-state index is 5.76. The summed E-state index contributed by atoms with van der Waals surface area (Å²) >= 11 is 5.76. The predicted octanol–water partition coefficient (Wildman–Crippen LogP) is 2.21. The van der Waals surface area contributed by atoms with Crippen molar-refractivity contribution >= 4 is 11.6 Å². The third-order valence-electron chi connectivity index (χ3n) is 2.26. The summed E-state index contributed by atoms with van der Waals surface area (Å²) in [5.74, 6) is 6.65. The zero-order valence-electron chi connectivity index (χ0n) is 9.03. The van der Waals surface area contributed by atoms with E-state index in [0.717, 1.165) is 5.75 Å². The van der Waals surface area contributed by atoms with Gasteiger partial charge in [0, 0.05) is 5.02 Å². The second kappa shape index (κ2) is 5.95. The van der Waals surface area contributed by atoms with E-state index in [-0.39, 0.29) is 6.04 Å². The Kier molecular flexibility index (Phi) is 4.88. The van der Waals surface area contributed by atoms with Crippen LogP contribution in [0.1, 0.15) is 13.8 Å². The van der Waals surface area contributed by atoms with Crippen molar-refractivity contribution in [3.05, 3.63) is 29.3 Å². The molecule has 0 saturated carbocycles. The van der Waals surface area contributed by atoms with Gasteiger partial charge in [0.15, 0.2) is 0 Å². The van der Waals surface area contributed by atoms with Crippen LogP contribution >= 0.6 is 11.6 Å². The normalized spacial score (nSPS) is 12.9. The standard InChI is InChI=1S/C11H17ClN2O/c1-8(2)11(14-13)7-15-10-5-3-9(12)4-6-10/h3-6,8,11,14H,7,13H2,1-2H3. The van der Waals surface area contributed by atoms with E-state index in [0.29, 0.717) is 17.5 Å². The molecule has 0 aliphatic carbocycles. The van der Waals surface area contributed by atoms with Gasteiger partial charge in [-0.1, -0.05) is 25.4 Å². The molecule has 3 N–H and O–H groups in total. The lowest BCUT2D eigenvalue weighted by Crippen LogP contribution is -2.43. The number of nitrogens with two attached hydrogens (primary N) is 1. The van der Waals surface area contributed by atoms with Crippen molar-refractivity contribution < 1.29 is 4.74 Å². The zero-order valence-corrected chi connectivity index (χ0v) is 9.79. The van der Waals surface area contributed by atoms with Crippen molar-refractivity contribution in [2.75, 3.05) is 6.61 Å². The lowest BCUT2D eigenvalue weighted by molar-refractivity contribution is 0.231. The molecular weight excluding hydrogens is 212 g/mol. The van der Waals surface area contributed by atoms with Crippen LogP contribution in [0.2, 0.25) is 5.02 Å². The van der Waals surface area contributed by atoms with Crippen LogP contribution in [0.5, 0.6) is 5.75 Å². The number of ether oxygens (including phenoxy) is 1. The third kappa shape index (κ3) is 4.08. The Morgan fingerprint density at radius 2 is 1.93 bits per heavy atom. The molecule has 1 atom stereocenters. The molecule has 0 aliphatic heterocycles. The van der Waals surface area contributed by atoms with E-state index in [4.69, 9.17) is 22.2 Å². The number of hydrogen-bond acceptors (Lipinski definition) is 3. The van der Waals surface area contributed by atoms with Gasteiger partial charge < -0.3 is 4.74 Å². The van der Waals surface area contributed by atoms with E-state index in [1.165, 1.54) is 0 Å². The molecule has 0 amide bonds. The average molecular weight is 229 g/mol. The van der Waals surface area contributed by atoms with Crippen LogP contribution in [0.3, 0.4) is 0 Å². The van der Waals surface area contributed by atoms with Gasteiger partial charge >= 0.3 is 0 Å². The topological polar surface area (TPSA) is 47.3 Å². The second-order valence-electron chi connectivity index (χ2n) is 3.78. The average Bonchev–Trinajstić information content (AvgIpc) is 2.21. The summed E-state index contributed by atoms with van der Waals surface area (Å²) in [4.78, 5) is 0. The maximum Gasteiger partial charge on any atom is 0.119 e. The maximum absolute atomic E-state index is 5.76. The largest absolute Gasteiger partial charge is 0.492 e. The molecule has 1 rings (SSSR count). The molecular formula is C11H17ClN2O. The molecule has 0 saturated heterocycles. The summed E-state index contributed by atoms with van der Waals surface area (Å²) in [5.41, 5.74) is 2.73. The smallest absolute Gasteiger partial charge is 0.119 e. The molecule has 0 spiro atoms. The molecule has 0 aliphatic rings. The van der Waals surface area contributed by atoms with Gasteiger partial charge in [0.1, 0.15) is 12.4 Å². The van der Waals surface area contributed by atoms with Crippen molar-refractivity contribution in [2.24, 2.45) is 11.8 Å². The van der Waals surface area contributed by atoms with Gasteiger partial charge in [-0.25, -0.2) is 0 Å². The summed E-state index contributed by atoms with van der Waals surface area (Å²) in [6.45, 7) is 4.74. The van der Waals surface area contributed by atoms with E-state index in [1.54, 1.807) is 12.1 Å². The highest BCUT2D eigenvalue weighted by atomic mass is 35.5. The Bertz CT molecular complexity index is 287. The minimum atomic E-state index is 0.153. The predicted molar refractivity (Wildman–Crippen MR) is 62.9 cm³/mol. The molecule has 0 aromatic heterocycles. The minimum Gasteiger partial charge on any atom is -0.492 e. The van der Waals surface area contributed by atoms with Crippen molar-refractivity contribution in [2.45, 2.75) is 19.9 Å². The number of halogens is 1. The van der Waals surface area contributed by atoms with Crippen LogP contribution in [-0.2, 0) is 0 Å². The molecule has 1 aromatic carbocycles. The summed E-state index contributed by atoms with van der Waals surface area (Å²) in [7, 11) is 0. The third-order valence-corrected chi connectivity index (χ3v) is 2.51. The SMILES string of the molecule is CC(C)C(COc1ccc(Cl)cc1)NN. The van der Waals surface area contributed by atoms with Crippen molar-refractivity contribution in [3.63, 3.8) is 0 Å². The van der Waals surface area contributed by atoms with Crippen LogP contribution in [0.4, 0.5) is 0 Å². The zero-order chi connectivity index (χ0) is 11.3. The van der Waals surface area contributed by atoms with Gasteiger partial charge in [0.25, 0.3) is 0 Å². The number of rotatable bonds is 5. The van der Waals surface area contributed by atoms with Gasteiger partial charge in [-0.15, -0.1) is 0 Å². The molecule has 4 heteroatoms. The minimum absolute atomic E-state index is 0.153. The van der Waals surface area contributed by atoms with Gasteiger partial charge in [-0.2, -0.15) is 0 Å². The fraction of sp³-hybridized carbons (Fsp3) is 0.455. The molecule has 1 aromatic rings. The monoisotopic (exact) mass is 228 g/mol. The van der Waals surface area contributed by atoms with E-state index < -0.39 is 0 Å². The molecule has 0 bridgehead atoms. The molecule has 0 fully saturated rings. The molecule has 1 unspecified atom stereocenters. The number of nitrogens with one attached hydrogen (secondary N) is 1. The van der Waals surface area contributed by atoms with E-state index in [2.05, 4.69) is 19.3 Å². The van der Waals surface area contributed by atoms with E-state index in [1.807, 2.05) is 12.1 Å². The quantitative estimate of drug-likeness (QED) is 0.600. The Hall–Kier alpha value is -0.770. The lowest BCUT2D eigenvalue weighted by Gasteiger charge is -2.20. The van der Waals surface area contributed by atoms with Crippen LogP contribution in [0.25, 0.3) is 0 Å². The first kappa shape index (κ1) is 12.3. The van der Waals surface area contributed by atoms with Crippen LogP contribution < -0.4 is 16.0 Å². The van der Waals surface area contributed by atoms with Crippen LogP contribution in [-0.4, -0.2) is 12.6 Å². The summed E-state index contributed by atoms with van der Waals surface area (Å²) in [6, 6.07) is 7.45. The fourth-order valence-corrected chi connectivity index (χ4v) is 1.28. The van der Waals surface area contributed by atoms with Gasteiger partial charge in [-0.3, -0.25) is 11.3 Å². The Labute approximate surface area is 95.5 Å². The highest BCUT2D eigenvalue weighted by molar-refractivity contribution is 6.30. The number of hydrogen-bond donors (Lipinski definition) is 2. The Balaban J connectivity index is 2.45. The van der Waals surface area contributed by atoms with Crippen LogP contribution in [0, 0.1) is 5.92 Å². The number of benzene rings is 1. The van der Waals surface area contributed by atoms with Gasteiger partial charge in [0.05, 0.1) is 6.04 Å². The van der Waals surface area contributed by atoms with Crippen molar-refractivity contribution in [3.8, 4) is 5.75 Å². The van der Waals surface area contributed by atoms with Crippen molar-refractivity contribution in [1.29, 1.82) is 0 Å². The first-order valence-corrected chi connectivity index (χ1v) is 5.35. The van der Waals surface area contributed by atoms with E-state index >= 15 is 0 Å². The summed E-state index contributed by atoms with van der Waals surface area (Å²) < 4.78 is 5.57. The molecule has 15 heavy (non-hydrogen) atoms. The molecule has 84 valence electrons. The van der Waals surface area contributed by atoms with Gasteiger partial charge in [-0.05, 0) is 30.2 Å². The highest BCUT2D eigenvalue weighted by Crippen LogP contribution is 2.16. The fourth-order valence-electron chi connectivity index (χ4n) is 1.15. The molecule has 3 nitrogen and oxygen atoms in total. The summed E-state index contributed by atoms with van der Waals surface area (Å²) in [6.07, 6.45) is 0. The molecule has 0 radical (unpaired) electrons. The van der Waals surface area contributed by atoms with Crippen LogP contribution in [0.15, 0.2) is 24.3 Å². The van der Waals surface area contributed by atoms with Gasteiger partial charge in [0.2, 0.25) is 0 Å². The highest BCUT2D eigenvalue weighted by Gasteiger charge is 2.11. The van der Waals surface area contributed by atoms with E-state index in [9.17, 15) is 0 Å². The first-order valence-electron chi connectivity index (χ1n) is 4.98. The second-order valence-corrected chi connectivity index (χ2v) is 4.22. The first-order chi connectivity index (χ1) is 7.13.